The highest BCUT2D eigenvalue weighted by molar-refractivity contribution is 5.85. The number of aryl methyl sites for hydroxylation is 2. The van der Waals surface area contributed by atoms with Crippen LogP contribution in [-0.4, -0.2) is 57.5 Å². The van der Waals surface area contributed by atoms with Crippen molar-refractivity contribution in [1.82, 2.24) is 24.2 Å². The summed E-state index contributed by atoms with van der Waals surface area (Å²) in [7, 11) is 4.05. The van der Waals surface area contributed by atoms with Gasteiger partial charge in [0.05, 0.1) is 22.1 Å². The predicted octanol–water partition coefficient (Wildman–Crippen LogP) is 2.33. The van der Waals surface area contributed by atoms with Crippen LogP contribution in [0.2, 0.25) is 0 Å². The third-order valence-electron chi connectivity index (χ3n) is 5.79. The van der Waals surface area contributed by atoms with E-state index in [0.29, 0.717) is 5.39 Å². The van der Waals surface area contributed by atoms with E-state index >= 15 is 0 Å². The van der Waals surface area contributed by atoms with E-state index in [4.69, 9.17) is 0 Å². The number of benzene rings is 2. The number of hydrogen-bond acceptors (Lipinski definition) is 5. The first-order valence-corrected chi connectivity index (χ1v) is 9.89. The lowest BCUT2D eigenvalue weighted by Crippen LogP contribution is -2.44. The lowest BCUT2D eigenvalue weighted by Gasteiger charge is -2.34. The summed E-state index contributed by atoms with van der Waals surface area (Å²) in [4.78, 5) is 22.5. The minimum Gasteiger partial charge on any atom is -0.369 e. The molecule has 1 fully saturated rings. The van der Waals surface area contributed by atoms with E-state index in [2.05, 4.69) is 33.0 Å². The second-order valence-corrected chi connectivity index (χ2v) is 7.91. The van der Waals surface area contributed by atoms with E-state index in [1.807, 2.05) is 44.4 Å². The van der Waals surface area contributed by atoms with Crippen molar-refractivity contribution in [3.8, 4) is 5.69 Å². The molecule has 1 saturated heterocycles. The highest BCUT2D eigenvalue weighted by Gasteiger charge is 2.16. The van der Waals surface area contributed by atoms with Crippen molar-refractivity contribution >= 4 is 27.5 Å². The van der Waals surface area contributed by atoms with E-state index in [9.17, 15) is 4.79 Å². The maximum atomic E-state index is 13.3. The summed E-state index contributed by atoms with van der Waals surface area (Å²) in [5.74, 6) is 0. The van der Waals surface area contributed by atoms with Gasteiger partial charge in [0.15, 0.2) is 0 Å². The summed E-state index contributed by atoms with van der Waals surface area (Å²) in [6.45, 7) is 6.00. The van der Waals surface area contributed by atoms with E-state index in [-0.39, 0.29) is 5.56 Å². The Bertz CT molecular complexity index is 1280. The van der Waals surface area contributed by atoms with Gasteiger partial charge in [-0.15, -0.1) is 0 Å². The molecule has 1 aliphatic heterocycles. The van der Waals surface area contributed by atoms with Crippen LogP contribution in [0.15, 0.2) is 47.7 Å². The molecule has 0 N–H and O–H groups in total. The van der Waals surface area contributed by atoms with Crippen molar-refractivity contribution in [1.29, 1.82) is 0 Å². The first-order valence-electron chi connectivity index (χ1n) is 9.89. The first-order chi connectivity index (χ1) is 14.0. The number of aromatic nitrogens is 4. The smallest absolute Gasteiger partial charge is 0.265 e. The quantitative estimate of drug-likeness (QED) is 0.528. The summed E-state index contributed by atoms with van der Waals surface area (Å²) in [5, 5.41) is 6.15. The Morgan fingerprint density at radius 3 is 2.55 bits per heavy atom. The Kier molecular flexibility index (Phi) is 4.13. The van der Waals surface area contributed by atoms with E-state index in [1.165, 1.54) is 0 Å². The van der Waals surface area contributed by atoms with Crippen LogP contribution in [0.3, 0.4) is 0 Å². The maximum Gasteiger partial charge on any atom is 0.265 e. The van der Waals surface area contributed by atoms with Crippen LogP contribution < -0.4 is 10.5 Å². The highest BCUT2D eigenvalue weighted by atomic mass is 16.1. The monoisotopic (exact) mass is 388 g/mol. The molecule has 29 heavy (non-hydrogen) atoms. The van der Waals surface area contributed by atoms with Crippen molar-refractivity contribution in [2.24, 2.45) is 7.05 Å². The zero-order chi connectivity index (χ0) is 20.1. The normalized spacial score (nSPS) is 15.5. The lowest BCUT2D eigenvalue weighted by molar-refractivity contribution is 0.313. The topological polar surface area (TPSA) is 59.2 Å². The van der Waals surface area contributed by atoms with Crippen LogP contribution in [0.25, 0.3) is 27.5 Å². The number of piperazine rings is 1. The molecule has 7 nitrogen and oxygen atoms in total. The van der Waals surface area contributed by atoms with Gasteiger partial charge in [-0.3, -0.25) is 14.0 Å². The maximum absolute atomic E-state index is 13.3. The molecule has 0 radical (unpaired) electrons. The molecular weight excluding hydrogens is 364 g/mol. The van der Waals surface area contributed by atoms with Gasteiger partial charge in [0.2, 0.25) is 0 Å². The fourth-order valence-corrected chi connectivity index (χ4v) is 4.10. The number of nitrogens with zero attached hydrogens (tertiary/aromatic N) is 6. The molecule has 0 amide bonds. The molecule has 0 aliphatic carbocycles. The molecule has 148 valence electrons. The van der Waals surface area contributed by atoms with Crippen LogP contribution >= 0.6 is 0 Å². The molecule has 2 aromatic carbocycles. The van der Waals surface area contributed by atoms with Crippen molar-refractivity contribution < 1.29 is 0 Å². The number of anilines is 1. The summed E-state index contributed by atoms with van der Waals surface area (Å²) in [6.07, 6.45) is 3.59. The second-order valence-electron chi connectivity index (χ2n) is 7.91. The van der Waals surface area contributed by atoms with Crippen molar-refractivity contribution in [3.05, 3.63) is 58.8 Å². The van der Waals surface area contributed by atoms with Gasteiger partial charge >= 0.3 is 0 Å². The minimum absolute atomic E-state index is 0.0476. The lowest BCUT2D eigenvalue weighted by atomic mass is 10.1. The number of likely N-dealkylation sites (N-methyl/N-ethyl adjacent to an activating group) is 1. The summed E-state index contributed by atoms with van der Waals surface area (Å²) >= 11 is 0. The summed E-state index contributed by atoms with van der Waals surface area (Å²) < 4.78 is 3.43. The predicted molar refractivity (Wildman–Crippen MR) is 116 cm³/mol. The molecule has 0 saturated carbocycles. The Balaban J connectivity index is 1.62. The van der Waals surface area contributed by atoms with E-state index in [1.54, 1.807) is 15.6 Å². The van der Waals surface area contributed by atoms with Crippen molar-refractivity contribution in [2.75, 3.05) is 38.1 Å². The zero-order valence-electron chi connectivity index (χ0n) is 17.0. The minimum atomic E-state index is -0.0476. The third kappa shape index (κ3) is 3.07. The average molecular weight is 388 g/mol. The van der Waals surface area contributed by atoms with Gasteiger partial charge in [-0.2, -0.15) is 5.10 Å². The molecular formula is C22H24N6O. The molecule has 7 heteroatoms. The SMILES string of the molecule is Cc1cc(-n2cnc3ccc(N4CCN(C)CC4)cc3c2=O)cc2cn(C)nc12. The second kappa shape index (κ2) is 6.70. The average Bonchev–Trinajstić information content (AvgIpc) is 3.10. The molecule has 0 unspecified atom stereocenters. The number of fused-ring (bicyclic) bond motifs is 2. The van der Waals surface area contributed by atoms with Crippen LogP contribution in [-0.2, 0) is 7.05 Å². The molecule has 0 bridgehead atoms. The van der Waals surface area contributed by atoms with Gasteiger partial charge in [-0.1, -0.05) is 0 Å². The standard InChI is InChI=1S/C22H24N6O/c1-15-10-18(11-16-13-26(3)24-21(15)16)28-14-23-20-5-4-17(12-19(20)22(28)29)27-8-6-25(2)7-9-27/h4-5,10-14H,6-9H2,1-3H3. The molecule has 4 aromatic rings. The van der Waals surface area contributed by atoms with Gasteiger partial charge in [-0.05, 0) is 49.9 Å². The molecule has 0 atom stereocenters. The summed E-state index contributed by atoms with van der Waals surface area (Å²) in [5.41, 5.74) is 4.57. The molecule has 0 spiro atoms. The van der Waals surface area contributed by atoms with E-state index in [0.717, 1.165) is 59.5 Å². The number of rotatable bonds is 2. The van der Waals surface area contributed by atoms with Crippen LogP contribution in [0.5, 0.6) is 0 Å². The Labute approximate surface area is 168 Å². The van der Waals surface area contributed by atoms with Gasteiger partial charge in [0.25, 0.3) is 5.56 Å². The van der Waals surface area contributed by atoms with Crippen LogP contribution in [0.1, 0.15) is 5.56 Å². The number of hydrogen-bond donors (Lipinski definition) is 0. The van der Waals surface area contributed by atoms with Gasteiger partial charge < -0.3 is 9.80 Å². The molecule has 3 heterocycles. The van der Waals surface area contributed by atoms with Crippen LogP contribution in [0, 0.1) is 6.92 Å². The highest BCUT2D eigenvalue weighted by Crippen LogP contribution is 2.23. The third-order valence-corrected chi connectivity index (χ3v) is 5.79. The fourth-order valence-electron chi connectivity index (χ4n) is 4.10. The van der Waals surface area contributed by atoms with Gasteiger partial charge in [-0.25, -0.2) is 4.98 Å². The van der Waals surface area contributed by atoms with Crippen LogP contribution in [0.4, 0.5) is 5.69 Å². The summed E-state index contributed by atoms with van der Waals surface area (Å²) in [6, 6.07) is 9.99. The Hall–Kier alpha value is -3.19. The molecule has 1 aliphatic rings. The Morgan fingerprint density at radius 2 is 1.76 bits per heavy atom. The largest absolute Gasteiger partial charge is 0.369 e. The molecule has 2 aromatic heterocycles. The van der Waals surface area contributed by atoms with Gasteiger partial charge in [0.1, 0.15) is 6.33 Å². The zero-order valence-corrected chi connectivity index (χ0v) is 17.0. The van der Waals surface area contributed by atoms with E-state index < -0.39 is 0 Å². The Morgan fingerprint density at radius 1 is 0.966 bits per heavy atom. The first kappa shape index (κ1) is 17.9. The van der Waals surface area contributed by atoms with Gasteiger partial charge in [0, 0.05) is 50.5 Å². The van der Waals surface area contributed by atoms with Crippen molar-refractivity contribution in [2.45, 2.75) is 6.92 Å². The molecule has 5 rings (SSSR count). The fraction of sp³-hybridized carbons (Fsp3) is 0.318. The van der Waals surface area contributed by atoms with Crippen molar-refractivity contribution in [3.63, 3.8) is 0 Å².